The number of carbonyl (C=O) groups is 2. The number of hydrogen-bond donors (Lipinski definition) is 1. The zero-order chi connectivity index (χ0) is 18.2. The Morgan fingerprint density at radius 2 is 2.16 bits per heavy atom. The highest BCUT2D eigenvalue weighted by atomic mass is 32.2. The summed E-state index contributed by atoms with van der Waals surface area (Å²) in [6, 6.07) is 5.05. The van der Waals surface area contributed by atoms with Gasteiger partial charge in [0.1, 0.15) is 11.8 Å². The second-order valence-corrected chi connectivity index (χ2v) is 7.64. The van der Waals surface area contributed by atoms with Crippen LogP contribution in [-0.4, -0.2) is 39.7 Å². The van der Waals surface area contributed by atoms with Gasteiger partial charge in [-0.05, 0) is 19.4 Å². The highest BCUT2D eigenvalue weighted by Gasteiger charge is 2.52. The zero-order valence-electron chi connectivity index (χ0n) is 13.4. The van der Waals surface area contributed by atoms with E-state index in [1.165, 1.54) is 18.2 Å². The molecule has 9 heteroatoms. The number of ether oxygens (including phenoxy) is 1. The molecule has 2 aliphatic rings. The molecular weight excluding hydrogens is 357 g/mol. The van der Waals surface area contributed by atoms with Gasteiger partial charge in [-0.1, -0.05) is 18.2 Å². The van der Waals surface area contributed by atoms with E-state index >= 15 is 0 Å². The molecule has 2 atom stereocenters. The predicted molar refractivity (Wildman–Crippen MR) is 85.7 cm³/mol. The number of alkyl halides is 3. The molecule has 0 aromatic heterocycles. The van der Waals surface area contributed by atoms with Crippen molar-refractivity contribution in [2.75, 3.05) is 5.75 Å². The van der Waals surface area contributed by atoms with Crippen molar-refractivity contribution < 1.29 is 27.5 Å². The van der Waals surface area contributed by atoms with Crippen molar-refractivity contribution in [3.63, 3.8) is 0 Å². The first-order valence-corrected chi connectivity index (χ1v) is 8.76. The summed E-state index contributed by atoms with van der Waals surface area (Å²) in [5, 5.41) is 2.62. The molecule has 3 rings (SSSR count). The Morgan fingerprint density at radius 3 is 2.88 bits per heavy atom. The molecule has 1 N–H and O–H groups in total. The summed E-state index contributed by atoms with van der Waals surface area (Å²) in [6.07, 6.45) is -3.69. The zero-order valence-corrected chi connectivity index (χ0v) is 14.2. The van der Waals surface area contributed by atoms with Crippen molar-refractivity contribution in [1.29, 1.82) is 0 Å². The smallest absolute Gasteiger partial charge is 0.405 e. The van der Waals surface area contributed by atoms with E-state index in [0.717, 1.165) is 0 Å². The van der Waals surface area contributed by atoms with Crippen LogP contribution >= 0.6 is 11.8 Å². The molecule has 0 spiro atoms. The molecule has 0 bridgehead atoms. The van der Waals surface area contributed by atoms with E-state index in [9.17, 15) is 22.8 Å². The fraction of sp³-hybridized carbons (Fsp3) is 0.500. The largest absolute Gasteiger partial charge is 0.573 e. The van der Waals surface area contributed by atoms with Crippen molar-refractivity contribution in [1.82, 2.24) is 10.2 Å². The molecule has 2 heterocycles. The quantitative estimate of drug-likeness (QED) is 0.880. The number of thioether (sulfide) groups is 1. The third-order valence-electron chi connectivity index (χ3n) is 4.40. The van der Waals surface area contributed by atoms with E-state index in [4.69, 9.17) is 0 Å². The standard InChI is InChI=1S/C16H17F3N2O3S/c1-15-7-6-13(22)21(15)11(9-25-15)14(23)20-8-10-4-2-3-5-12(10)24-16(17,18)19/h2-5,11H,6-9H2,1H3,(H,20,23). The van der Waals surface area contributed by atoms with Crippen LogP contribution in [0.2, 0.25) is 0 Å². The predicted octanol–water partition coefficient (Wildman–Crippen LogP) is 2.66. The first-order valence-electron chi connectivity index (χ1n) is 7.77. The summed E-state index contributed by atoms with van der Waals surface area (Å²) >= 11 is 1.56. The average molecular weight is 374 g/mol. The number of amides is 2. The fourth-order valence-corrected chi connectivity index (χ4v) is 4.62. The van der Waals surface area contributed by atoms with Gasteiger partial charge >= 0.3 is 6.36 Å². The maximum absolute atomic E-state index is 12.5. The topological polar surface area (TPSA) is 58.6 Å². The number of benzene rings is 1. The van der Waals surface area contributed by atoms with E-state index in [0.29, 0.717) is 18.6 Å². The normalized spacial score (nSPS) is 25.8. The Balaban J connectivity index is 1.67. The van der Waals surface area contributed by atoms with Crippen LogP contribution in [0.3, 0.4) is 0 Å². The number of nitrogens with zero attached hydrogens (tertiary/aromatic N) is 1. The molecule has 5 nitrogen and oxygen atoms in total. The van der Waals surface area contributed by atoms with Gasteiger partial charge in [-0.3, -0.25) is 9.59 Å². The number of halogens is 3. The van der Waals surface area contributed by atoms with Crippen LogP contribution in [0.4, 0.5) is 13.2 Å². The summed E-state index contributed by atoms with van der Waals surface area (Å²) in [4.78, 5) is 25.8. The van der Waals surface area contributed by atoms with Crippen LogP contribution in [0.1, 0.15) is 25.3 Å². The molecule has 2 fully saturated rings. The number of carbonyl (C=O) groups excluding carboxylic acids is 2. The number of fused-ring (bicyclic) bond motifs is 1. The van der Waals surface area contributed by atoms with E-state index < -0.39 is 12.4 Å². The first kappa shape index (κ1) is 17.9. The molecule has 2 unspecified atom stereocenters. The van der Waals surface area contributed by atoms with Crippen LogP contribution in [-0.2, 0) is 16.1 Å². The summed E-state index contributed by atoms with van der Waals surface area (Å²) in [5.41, 5.74) is 0.217. The Bertz CT molecular complexity index is 697. The maximum atomic E-state index is 12.5. The van der Waals surface area contributed by atoms with Crippen molar-refractivity contribution in [2.45, 2.75) is 43.6 Å². The van der Waals surface area contributed by atoms with E-state index in [1.807, 2.05) is 6.92 Å². The minimum Gasteiger partial charge on any atom is -0.405 e. The molecule has 0 saturated carbocycles. The molecular formula is C16H17F3N2O3S. The van der Waals surface area contributed by atoms with Crippen LogP contribution in [0.25, 0.3) is 0 Å². The molecule has 0 radical (unpaired) electrons. The number of nitrogens with one attached hydrogen (secondary N) is 1. The fourth-order valence-electron chi connectivity index (χ4n) is 3.19. The Hall–Kier alpha value is -1.90. The van der Waals surface area contributed by atoms with Gasteiger partial charge in [-0.25, -0.2) is 0 Å². The number of para-hydroxylation sites is 1. The molecule has 1 aromatic carbocycles. The Kier molecular flexibility index (Phi) is 4.61. The number of rotatable bonds is 4. The maximum Gasteiger partial charge on any atom is 0.573 e. The monoisotopic (exact) mass is 374 g/mol. The minimum absolute atomic E-state index is 0.0616. The van der Waals surface area contributed by atoms with Gasteiger partial charge in [0.15, 0.2) is 0 Å². The average Bonchev–Trinajstić information content (AvgIpc) is 3.01. The van der Waals surface area contributed by atoms with E-state index in [2.05, 4.69) is 10.1 Å². The van der Waals surface area contributed by atoms with E-state index in [-0.39, 0.29) is 34.5 Å². The highest BCUT2D eigenvalue weighted by Crippen LogP contribution is 2.47. The van der Waals surface area contributed by atoms with E-state index in [1.54, 1.807) is 22.7 Å². The van der Waals surface area contributed by atoms with Crippen LogP contribution in [0.5, 0.6) is 5.75 Å². The van der Waals surface area contributed by atoms with Crippen molar-refractivity contribution in [3.8, 4) is 5.75 Å². The lowest BCUT2D eigenvalue weighted by Gasteiger charge is -2.29. The SMILES string of the molecule is CC12CCC(=O)N1C(C(=O)NCc1ccccc1OC(F)(F)F)CS2. The Labute approximate surface area is 146 Å². The minimum atomic E-state index is -4.80. The van der Waals surface area contributed by atoms with Gasteiger partial charge in [0.2, 0.25) is 11.8 Å². The molecule has 1 aromatic rings. The third-order valence-corrected chi connectivity index (χ3v) is 5.90. The van der Waals surface area contributed by atoms with Gasteiger partial charge in [0.25, 0.3) is 0 Å². The summed E-state index contributed by atoms with van der Waals surface area (Å²) in [6.45, 7) is 1.83. The van der Waals surface area contributed by atoms with Gasteiger partial charge in [-0.2, -0.15) is 0 Å². The third kappa shape index (κ3) is 3.70. The van der Waals surface area contributed by atoms with Gasteiger partial charge in [0, 0.05) is 24.3 Å². The summed E-state index contributed by atoms with van der Waals surface area (Å²) in [7, 11) is 0. The molecule has 136 valence electrons. The Morgan fingerprint density at radius 1 is 1.44 bits per heavy atom. The van der Waals surface area contributed by atoms with Crippen LogP contribution in [0, 0.1) is 0 Å². The van der Waals surface area contributed by atoms with Crippen LogP contribution in [0.15, 0.2) is 24.3 Å². The molecule has 2 amide bonds. The molecule has 2 aliphatic heterocycles. The van der Waals surface area contributed by atoms with Crippen LogP contribution < -0.4 is 10.1 Å². The lowest BCUT2D eigenvalue weighted by atomic mass is 10.2. The number of hydrogen-bond acceptors (Lipinski definition) is 4. The van der Waals surface area contributed by atoms with Gasteiger partial charge in [0.05, 0.1) is 4.87 Å². The second-order valence-electron chi connectivity index (χ2n) is 6.14. The van der Waals surface area contributed by atoms with Gasteiger partial charge < -0.3 is 15.0 Å². The van der Waals surface area contributed by atoms with Crippen molar-refractivity contribution in [3.05, 3.63) is 29.8 Å². The van der Waals surface area contributed by atoms with Crippen molar-refractivity contribution >= 4 is 23.6 Å². The molecule has 2 saturated heterocycles. The summed E-state index contributed by atoms with van der Waals surface area (Å²) < 4.78 is 41.3. The molecule has 0 aliphatic carbocycles. The first-order chi connectivity index (χ1) is 11.7. The van der Waals surface area contributed by atoms with Gasteiger partial charge in [-0.15, -0.1) is 24.9 Å². The lowest BCUT2D eigenvalue weighted by molar-refractivity contribution is -0.274. The molecule has 25 heavy (non-hydrogen) atoms. The highest BCUT2D eigenvalue weighted by molar-refractivity contribution is 8.01. The van der Waals surface area contributed by atoms with Crippen molar-refractivity contribution in [2.24, 2.45) is 0 Å². The summed E-state index contributed by atoms with van der Waals surface area (Å²) in [5.74, 6) is -0.297. The lowest BCUT2D eigenvalue weighted by Crippen LogP contribution is -2.49. The second kappa shape index (κ2) is 6.44.